The average Bonchev–Trinajstić information content (AvgIpc) is 2.53. The molecule has 2 aromatic carbocycles. The Morgan fingerprint density at radius 2 is 1.62 bits per heavy atom. The topological polar surface area (TPSA) is 55.1 Å². The quantitative estimate of drug-likeness (QED) is 0.886. The summed E-state index contributed by atoms with van der Waals surface area (Å²) >= 11 is 0. The van der Waals surface area contributed by atoms with Crippen molar-refractivity contribution in [2.45, 2.75) is 19.9 Å². The summed E-state index contributed by atoms with van der Waals surface area (Å²) in [4.78, 5) is 12.2. The van der Waals surface area contributed by atoms with Crippen molar-refractivity contribution in [3.05, 3.63) is 71.3 Å². The Kier molecular flexibility index (Phi) is 5.12. The van der Waals surface area contributed by atoms with Crippen molar-refractivity contribution in [1.82, 2.24) is 5.32 Å². The zero-order valence-electron chi connectivity index (χ0n) is 12.5. The van der Waals surface area contributed by atoms with Gasteiger partial charge < -0.3 is 11.1 Å². The molecule has 110 valence electrons. The first kappa shape index (κ1) is 15.3. The Bertz CT molecular complexity index is 578. The van der Waals surface area contributed by atoms with Crippen molar-refractivity contribution < 1.29 is 4.79 Å². The Balaban J connectivity index is 2.31. The molecular weight excluding hydrogens is 260 g/mol. The molecule has 3 N–H and O–H groups in total. The molecule has 0 saturated carbocycles. The lowest BCUT2D eigenvalue weighted by atomic mass is 9.97. The number of hydrogen-bond acceptors (Lipinski definition) is 2. The Morgan fingerprint density at radius 3 is 2.19 bits per heavy atom. The van der Waals surface area contributed by atoms with Gasteiger partial charge in [-0.2, -0.15) is 0 Å². The summed E-state index contributed by atoms with van der Waals surface area (Å²) in [5.41, 5.74) is 8.93. The van der Waals surface area contributed by atoms with E-state index in [2.05, 4.69) is 36.5 Å². The molecule has 21 heavy (non-hydrogen) atoms. The van der Waals surface area contributed by atoms with Crippen molar-refractivity contribution in [3.8, 4) is 0 Å². The van der Waals surface area contributed by atoms with Gasteiger partial charge in [0, 0.05) is 12.5 Å². The maximum atomic E-state index is 12.2. The van der Waals surface area contributed by atoms with Crippen LogP contribution in [0.5, 0.6) is 0 Å². The summed E-state index contributed by atoms with van der Waals surface area (Å²) in [5, 5.41) is 3.10. The zero-order chi connectivity index (χ0) is 15.2. The second-order valence-electron chi connectivity index (χ2n) is 5.40. The van der Waals surface area contributed by atoms with Crippen LogP contribution in [0.4, 0.5) is 0 Å². The number of aryl methyl sites for hydroxylation is 1. The highest BCUT2D eigenvalue weighted by molar-refractivity contribution is 5.79. The van der Waals surface area contributed by atoms with E-state index in [0.29, 0.717) is 6.54 Å². The van der Waals surface area contributed by atoms with Gasteiger partial charge in [-0.25, -0.2) is 0 Å². The van der Waals surface area contributed by atoms with E-state index in [9.17, 15) is 4.79 Å². The summed E-state index contributed by atoms with van der Waals surface area (Å²) in [5.74, 6) is -0.214. The van der Waals surface area contributed by atoms with Crippen LogP contribution in [0.15, 0.2) is 54.6 Å². The summed E-state index contributed by atoms with van der Waals surface area (Å²) in [6.45, 7) is 4.24. The largest absolute Gasteiger partial charge is 0.345 e. The number of benzene rings is 2. The van der Waals surface area contributed by atoms with Crippen LogP contribution in [0.25, 0.3) is 0 Å². The fourth-order valence-electron chi connectivity index (χ4n) is 2.16. The molecule has 0 aliphatic heterocycles. The molecule has 0 aliphatic rings. The number of carbonyl (C=O) groups is 1. The van der Waals surface area contributed by atoms with Crippen molar-refractivity contribution in [2.75, 3.05) is 6.54 Å². The molecule has 2 rings (SSSR count). The van der Waals surface area contributed by atoms with E-state index in [1.165, 1.54) is 5.56 Å². The maximum absolute atomic E-state index is 12.2. The predicted octanol–water partition coefficient (Wildman–Crippen LogP) is 2.80. The molecule has 0 aliphatic carbocycles. The minimum absolute atomic E-state index is 0.0214. The second kappa shape index (κ2) is 7.04. The minimum Gasteiger partial charge on any atom is -0.345 e. The van der Waals surface area contributed by atoms with Crippen molar-refractivity contribution in [1.29, 1.82) is 0 Å². The van der Waals surface area contributed by atoms with E-state index in [1.807, 2.05) is 37.3 Å². The maximum Gasteiger partial charge on any atom is 0.224 e. The average molecular weight is 282 g/mol. The molecule has 0 heterocycles. The van der Waals surface area contributed by atoms with E-state index >= 15 is 0 Å². The normalized spacial score (nSPS) is 13.5. The van der Waals surface area contributed by atoms with Crippen molar-refractivity contribution >= 4 is 5.91 Å². The molecule has 2 atom stereocenters. The summed E-state index contributed by atoms with van der Waals surface area (Å²) in [6, 6.07) is 18.1. The number of rotatable bonds is 5. The number of nitrogens with two attached hydrogens (primary N) is 1. The SMILES string of the molecule is Cc1ccc(C(NC(=O)C(C)CN)c2ccccc2)cc1. The number of carbonyl (C=O) groups excluding carboxylic acids is 1. The van der Waals surface area contributed by atoms with E-state index in [-0.39, 0.29) is 17.9 Å². The Morgan fingerprint density at radius 1 is 1.05 bits per heavy atom. The lowest BCUT2D eigenvalue weighted by Gasteiger charge is -2.22. The third-order valence-corrected chi connectivity index (χ3v) is 3.63. The van der Waals surface area contributed by atoms with E-state index in [0.717, 1.165) is 11.1 Å². The van der Waals surface area contributed by atoms with Gasteiger partial charge in [0.1, 0.15) is 0 Å². The standard InChI is InChI=1S/C18H22N2O/c1-13-8-10-16(11-9-13)17(15-6-4-3-5-7-15)20-18(21)14(2)12-19/h3-11,14,17H,12,19H2,1-2H3,(H,20,21). The third kappa shape index (κ3) is 3.92. The lowest BCUT2D eigenvalue weighted by Crippen LogP contribution is -2.36. The molecule has 3 heteroatoms. The van der Waals surface area contributed by atoms with Crippen LogP contribution >= 0.6 is 0 Å². The van der Waals surface area contributed by atoms with E-state index in [4.69, 9.17) is 5.73 Å². The smallest absolute Gasteiger partial charge is 0.224 e. The van der Waals surface area contributed by atoms with Gasteiger partial charge in [-0.05, 0) is 18.1 Å². The fourth-order valence-corrected chi connectivity index (χ4v) is 2.16. The predicted molar refractivity (Wildman–Crippen MR) is 85.8 cm³/mol. The highest BCUT2D eigenvalue weighted by Crippen LogP contribution is 2.22. The first-order valence-electron chi connectivity index (χ1n) is 7.23. The highest BCUT2D eigenvalue weighted by Gasteiger charge is 2.19. The van der Waals surface area contributed by atoms with Gasteiger partial charge in [0.25, 0.3) is 0 Å². The number of nitrogens with one attached hydrogen (secondary N) is 1. The minimum atomic E-state index is -0.193. The number of amides is 1. The monoisotopic (exact) mass is 282 g/mol. The van der Waals surface area contributed by atoms with Crippen LogP contribution < -0.4 is 11.1 Å². The van der Waals surface area contributed by atoms with Gasteiger partial charge in [0.2, 0.25) is 5.91 Å². The molecule has 0 aromatic heterocycles. The zero-order valence-corrected chi connectivity index (χ0v) is 12.5. The van der Waals surface area contributed by atoms with Crippen LogP contribution in [0.2, 0.25) is 0 Å². The molecule has 1 amide bonds. The molecule has 0 spiro atoms. The first-order chi connectivity index (χ1) is 10.1. The van der Waals surface area contributed by atoms with Gasteiger partial charge in [-0.3, -0.25) is 4.79 Å². The van der Waals surface area contributed by atoms with Gasteiger partial charge in [-0.15, -0.1) is 0 Å². The molecule has 0 radical (unpaired) electrons. The molecule has 0 fully saturated rings. The molecule has 0 bridgehead atoms. The van der Waals surface area contributed by atoms with Gasteiger partial charge in [-0.1, -0.05) is 67.1 Å². The van der Waals surface area contributed by atoms with Crippen LogP contribution in [0.3, 0.4) is 0 Å². The lowest BCUT2D eigenvalue weighted by molar-refractivity contribution is -0.124. The Labute approximate surface area is 126 Å². The van der Waals surface area contributed by atoms with Gasteiger partial charge >= 0.3 is 0 Å². The van der Waals surface area contributed by atoms with Crippen LogP contribution in [0.1, 0.15) is 29.7 Å². The summed E-state index contributed by atoms with van der Waals surface area (Å²) in [6.07, 6.45) is 0. The molecular formula is C18H22N2O. The fraction of sp³-hybridized carbons (Fsp3) is 0.278. The van der Waals surface area contributed by atoms with Crippen LogP contribution in [0, 0.1) is 12.8 Å². The Hall–Kier alpha value is -2.13. The first-order valence-corrected chi connectivity index (χ1v) is 7.23. The van der Waals surface area contributed by atoms with Gasteiger partial charge in [0.15, 0.2) is 0 Å². The van der Waals surface area contributed by atoms with Crippen molar-refractivity contribution in [3.63, 3.8) is 0 Å². The van der Waals surface area contributed by atoms with E-state index < -0.39 is 0 Å². The molecule has 2 aromatic rings. The van der Waals surface area contributed by atoms with Crippen molar-refractivity contribution in [2.24, 2.45) is 11.7 Å². The molecule has 0 saturated heterocycles. The van der Waals surface area contributed by atoms with E-state index in [1.54, 1.807) is 0 Å². The highest BCUT2D eigenvalue weighted by atomic mass is 16.1. The van der Waals surface area contributed by atoms with Crippen LogP contribution in [-0.2, 0) is 4.79 Å². The molecule has 2 unspecified atom stereocenters. The second-order valence-corrected chi connectivity index (χ2v) is 5.40. The summed E-state index contributed by atoms with van der Waals surface area (Å²) < 4.78 is 0. The van der Waals surface area contributed by atoms with Gasteiger partial charge in [0.05, 0.1) is 6.04 Å². The third-order valence-electron chi connectivity index (χ3n) is 3.63. The number of hydrogen-bond donors (Lipinski definition) is 2. The summed E-state index contributed by atoms with van der Waals surface area (Å²) in [7, 11) is 0. The van der Waals surface area contributed by atoms with Crippen LogP contribution in [-0.4, -0.2) is 12.5 Å². The molecule has 3 nitrogen and oxygen atoms in total.